The zero-order valence-corrected chi connectivity index (χ0v) is 18.7. The van der Waals surface area contributed by atoms with E-state index in [1.165, 1.54) is 17.6 Å². The Kier molecular flexibility index (Phi) is 5.86. The van der Waals surface area contributed by atoms with Gasteiger partial charge in [-0.3, -0.25) is 14.5 Å². The fourth-order valence-electron chi connectivity index (χ4n) is 4.10. The maximum absolute atomic E-state index is 13.0. The highest BCUT2D eigenvalue weighted by atomic mass is 35.5. The van der Waals surface area contributed by atoms with Crippen LogP contribution >= 0.6 is 22.9 Å². The lowest BCUT2D eigenvalue weighted by Gasteiger charge is -2.21. The molecule has 8 heteroatoms. The number of nitrogens with one attached hydrogen (secondary N) is 2. The van der Waals surface area contributed by atoms with Crippen molar-refractivity contribution in [2.24, 2.45) is 0 Å². The molecule has 1 aromatic carbocycles. The van der Waals surface area contributed by atoms with Crippen LogP contribution in [-0.4, -0.2) is 47.5 Å². The smallest absolute Gasteiger partial charge is 0.323 e. The van der Waals surface area contributed by atoms with E-state index in [1.807, 2.05) is 19.1 Å². The van der Waals surface area contributed by atoms with Crippen LogP contribution in [0.2, 0.25) is 5.02 Å². The van der Waals surface area contributed by atoms with Crippen molar-refractivity contribution in [2.75, 3.05) is 13.7 Å². The van der Waals surface area contributed by atoms with Crippen LogP contribution in [0, 0.1) is 13.8 Å². The minimum atomic E-state index is -0.371. The zero-order valence-electron chi connectivity index (χ0n) is 17.1. The van der Waals surface area contributed by atoms with E-state index in [4.69, 9.17) is 16.3 Å². The number of carbonyl (C=O) groups excluding carboxylic acids is 2. The number of hydrogen-bond acceptors (Lipinski definition) is 5. The average molecular weight is 446 g/mol. The maximum Gasteiger partial charge on any atom is 0.323 e. The molecule has 1 aliphatic heterocycles. The Hall–Kier alpha value is -2.35. The van der Waals surface area contributed by atoms with E-state index < -0.39 is 0 Å². The number of ether oxygens (including phenoxy) is 1. The summed E-state index contributed by atoms with van der Waals surface area (Å²) in [5, 5.41) is 6.71. The second-order valence-corrected chi connectivity index (χ2v) is 9.15. The van der Waals surface area contributed by atoms with Gasteiger partial charge < -0.3 is 15.0 Å². The number of esters is 1. The second kappa shape index (κ2) is 8.41. The molecule has 6 nitrogen and oxygen atoms in total. The molecule has 0 radical (unpaired) electrons. The van der Waals surface area contributed by atoms with Crippen LogP contribution in [0.25, 0.3) is 10.9 Å². The number of nitrogens with zero attached hydrogens (tertiary/aromatic N) is 1. The van der Waals surface area contributed by atoms with E-state index in [0.717, 1.165) is 16.5 Å². The SMILES string of the molecule is COC(=O)[C@@H]1C[C@@H](NC(=O)c2[nH]c3ccc(Cl)cc3c2C)CN1Cc1sccc1C. The first kappa shape index (κ1) is 20.9. The van der Waals surface area contributed by atoms with Crippen LogP contribution in [0.5, 0.6) is 0 Å². The molecule has 0 aliphatic carbocycles. The van der Waals surface area contributed by atoms with E-state index in [2.05, 4.69) is 33.6 Å². The molecule has 4 rings (SSSR count). The number of methoxy groups -OCH3 is 1. The van der Waals surface area contributed by atoms with Crippen LogP contribution < -0.4 is 5.32 Å². The summed E-state index contributed by atoms with van der Waals surface area (Å²) in [7, 11) is 1.40. The minimum absolute atomic E-state index is 0.142. The molecule has 1 fully saturated rings. The van der Waals surface area contributed by atoms with Crippen molar-refractivity contribution >= 4 is 45.7 Å². The Morgan fingerprint density at radius 2 is 2.13 bits per heavy atom. The molecule has 2 atom stereocenters. The summed E-state index contributed by atoms with van der Waals surface area (Å²) in [5.74, 6) is -0.444. The topological polar surface area (TPSA) is 74.4 Å². The molecule has 1 aliphatic rings. The van der Waals surface area contributed by atoms with Gasteiger partial charge in [0.25, 0.3) is 5.91 Å². The quantitative estimate of drug-likeness (QED) is 0.581. The predicted molar refractivity (Wildman–Crippen MR) is 119 cm³/mol. The Morgan fingerprint density at radius 1 is 1.33 bits per heavy atom. The van der Waals surface area contributed by atoms with Crippen molar-refractivity contribution in [1.82, 2.24) is 15.2 Å². The molecule has 0 bridgehead atoms. The van der Waals surface area contributed by atoms with Crippen molar-refractivity contribution in [3.05, 3.63) is 56.4 Å². The molecule has 3 aromatic rings. The molecule has 0 unspecified atom stereocenters. The van der Waals surface area contributed by atoms with Gasteiger partial charge in [0.2, 0.25) is 0 Å². The minimum Gasteiger partial charge on any atom is -0.468 e. The summed E-state index contributed by atoms with van der Waals surface area (Å²) in [6.07, 6.45) is 0.522. The molecular weight excluding hydrogens is 422 g/mol. The van der Waals surface area contributed by atoms with Crippen molar-refractivity contribution < 1.29 is 14.3 Å². The van der Waals surface area contributed by atoms with Crippen LogP contribution in [-0.2, 0) is 16.1 Å². The highest BCUT2D eigenvalue weighted by Crippen LogP contribution is 2.27. The van der Waals surface area contributed by atoms with E-state index in [0.29, 0.717) is 30.2 Å². The number of H-pyrrole nitrogens is 1. The molecule has 0 saturated carbocycles. The number of amides is 1. The molecule has 2 N–H and O–H groups in total. The number of fused-ring (bicyclic) bond motifs is 1. The lowest BCUT2D eigenvalue weighted by molar-refractivity contribution is -0.146. The van der Waals surface area contributed by atoms with Gasteiger partial charge in [0.15, 0.2) is 0 Å². The summed E-state index contributed by atoms with van der Waals surface area (Å²) in [6, 6.07) is 7.08. The highest BCUT2D eigenvalue weighted by Gasteiger charge is 2.38. The number of aryl methyl sites for hydroxylation is 2. The fraction of sp³-hybridized carbons (Fsp3) is 0.364. The van der Waals surface area contributed by atoms with Gasteiger partial charge in [-0.15, -0.1) is 11.3 Å². The third-order valence-corrected chi connectivity index (χ3v) is 7.02. The summed E-state index contributed by atoms with van der Waals surface area (Å²) in [4.78, 5) is 31.8. The number of benzene rings is 1. The third-order valence-electron chi connectivity index (χ3n) is 5.77. The largest absolute Gasteiger partial charge is 0.468 e. The van der Waals surface area contributed by atoms with Crippen LogP contribution in [0.15, 0.2) is 29.6 Å². The molecule has 0 spiro atoms. The number of hydrogen-bond donors (Lipinski definition) is 2. The van der Waals surface area contributed by atoms with Crippen molar-refractivity contribution in [2.45, 2.75) is 38.9 Å². The molecule has 3 heterocycles. The van der Waals surface area contributed by atoms with E-state index in [-0.39, 0.29) is 24.0 Å². The normalized spacial score (nSPS) is 19.3. The number of likely N-dealkylation sites (tertiary alicyclic amines) is 1. The Balaban J connectivity index is 1.51. The number of aromatic nitrogens is 1. The van der Waals surface area contributed by atoms with Gasteiger partial charge in [-0.2, -0.15) is 0 Å². The van der Waals surface area contributed by atoms with Crippen molar-refractivity contribution in [3.8, 4) is 0 Å². The van der Waals surface area contributed by atoms with E-state index in [9.17, 15) is 9.59 Å². The standard InChI is InChI=1S/C22H24ClN3O3S/c1-12-6-7-30-19(12)11-26-10-15(9-18(26)22(28)29-3)24-21(27)20-13(2)16-8-14(23)4-5-17(16)25-20/h4-8,15,18,25H,9-11H2,1-3H3,(H,24,27)/t15-,18+/m1/s1. The molecule has 1 saturated heterocycles. The van der Waals surface area contributed by atoms with Gasteiger partial charge in [-0.25, -0.2) is 0 Å². The van der Waals surface area contributed by atoms with Gasteiger partial charge in [-0.05, 0) is 61.0 Å². The number of aromatic amines is 1. The van der Waals surface area contributed by atoms with E-state index in [1.54, 1.807) is 17.4 Å². The van der Waals surface area contributed by atoms with Gasteiger partial charge in [0.05, 0.1) is 7.11 Å². The van der Waals surface area contributed by atoms with Gasteiger partial charge in [0, 0.05) is 39.9 Å². The predicted octanol–water partition coefficient (Wildman–Crippen LogP) is 4.05. The number of carbonyl (C=O) groups is 2. The summed E-state index contributed by atoms with van der Waals surface area (Å²) >= 11 is 7.78. The highest BCUT2D eigenvalue weighted by molar-refractivity contribution is 7.10. The summed E-state index contributed by atoms with van der Waals surface area (Å²) in [5.41, 5.74) is 3.46. The molecule has 30 heavy (non-hydrogen) atoms. The summed E-state index contributed by atoms with van der Waals surface area (Å²) < 4.78 is 5.01. The van der Waals surface area contributed by atoms with Gasteiger partial charge in [-0.1, -0.05) is 11.6 Å². The second-order valence-electron chi connectivity index (χ2n) is 7.72. The third kappa shape index (κ3) is 3.97. The monoisotopic (exact) mass is 445 g/mol. The number of rotatable bonds is 5. The average Bonchev–Trinajstić information content (AvgIpc) is 3.40. The van der Waals surface area contributed by atoms with Crippen molar-refractivity contribution in [3.63, 3.8) is 0 Å². The van der Waals surface area contributed by atoms with E-state index >= 15 is 0 Å². The van der Waals surface area contributed by atoms with Gasteiger partial charge in [0.1, 0.15) is 11.7 Å². The zero-order chi connectivity index (χ0) is 21.4. The lowest BCUT2D eigenvalue weighted by Crippen LogP contribution is -2.38. The first-order valence-electron chi connectivity index (χ1n) is 9.81. The van der Waals surface area contributed by atoms with Crippen molar-refractivity contribution in [1.29, 1.82) is 0 Å². The molecule has 2 aromatic heterocycles. The van der Waals surface area contributed by atoms with Crippen LogP contribution in [0.3, 0.4) is 0 Å². The van der Waals surface area contributed by atoms with Gasteiger partial charge >= 0.3 is 5.97 Å². The van der Waals surface area contributed by atoms with Crippen LogP contribution in [0.1, 0.15) is 32.9 Å². The first-order chi connectivity index (χ1) is 14.4. The molecule has 1 amide bonds. The van der Waals surface area contributed by atoms with Crippen LogP contribution in [0.4, 0.5) is 0 Å². The Bertz CT molecular complexity index is 1110. The molecular formula is C22H24ClN3O3S. The number of thiophene rings is 1. The molecule has 158 valence electrons. The maximum atomic E-state index is 13.0. The Labute approximate surface area is 184 Å². The fourth-order valence-corrected chi connectivity index (χ4v) is 5.20. The Morgan fingerprint density at radius 3 is 2.83 bits per heavy atom. The first-order valence-corrected chi connectivity index (χ1v) is 11.1. The summed E-state index contributed by atoms with van der Waals surface area (Å²) in [6.45, 7) is 5.23. The lowest BCUT2D eigenvalue weighted by atomic mass is 10.1. The number of halogens is 1.